The topological polar surface area (TPSA) is 95.5 Å². The molecule has 2 aromatic carbocycles. The number of nitrogens with one attached hydrogen (secondary N) is 2. The molecular weight excluding hydrogens is 260 g/mol. The third-order valence-electron chi connectivity index (χ3n) is 2.95. The number of carbonyl (C=O) groups is 1. The van der Waals surface area contributed by atoms with Crippen molar-refractivity contribution in [1.29, 1.82) is 0 Å². The molecule has 6 nitrogen and oxygen atoms in total. The summed E-state index contributed by atoms with van der Waals surface area (Å²) in [6.07, 6.45) is 0. The molecule has 0 saturated carbocycles. The number of hydrogen-bond acceptors (Lipinski definition) is 5. The molecule has 0 spiro atoms. The zero-order valence-corrected chi connectivity index (χ0v) is 10.8. The molecule has 0 aromatic heterocycles. The lowest BCUT2D eigenvalue weighted by Crippen LogP contribution is -2.40. The van der Waals surface area contributed by atoms with Gasteiger partial charge in [0.15, 0.2) is 0 Å². The Hall–Kier alpha value is -2.63. The van der Waals surface area contributed by atoms with Crippen molar-refractivity contribution in [2.45, 2.75) is 19.5 Å². The van der Waals surface area contributed by atoms with E-state index in [-0.39, 0.29) is 11.4 Å². The molecule has 2 aromatic rings. The molecule has 0 bridgehead atoms. The molecule has 0 radical (unpaired) electrons. The van der Waals surface area contributed by atoms with Crippen LogP contribution in [0.15, 0.2) is 39.9 Å². The zero-order valence-electron chi connectivity index (χ0n) is 10.8. The van der Waals surface area contributed by atoms with Crippen LogP contribution in [-0.2, 0) is 11.3 Å². The molecule has 0 amide bonds. The van der Waals surface area contributed by atoms with Crippen LogP contribution in [0.4, 0.5) is 11.4 Å². The largest absolute Gasteiger partial charge is 0.480 e. The van der Waals surface area contributed by atoms with E-state index in [4.69, 9.17) is 5.11 Å². The van der Waals surface area contributed by atoms with E-state index in [0.717, 1.165) is 5.56 Å². The summed E-state index contributed by atoms with van der Waals surface area (Å²) in [5.74, 6) is -1.09. The number of aliphatic carboxylic acids is 1. The highest BCUT2D eigenvalue weighted by atomic mass is 16.4. The van der Waals surface area contributed by atoms with Gasteiger partial charge < -0.3 is 15.7 Å². The molecule has 20 heavy (non-hydrogen) atoms. The Morgan fingerprint density at radius 1 is 1.15 bits per heavy atom. The van der Waals surface area contributed by atoms with Crippen LogP contribution in [0.1, 0.15) is 12.5 Å². The Morgan fingerprint density at radius 3 is 2.35 bits per heavy atom. The van der Waals surface area contributed by atoms with Gasteiger partial charge in [0, 0.05) is 6.54 Å². The van der Waals surface area contributed by atoms with Crippen LogP contribution in [0.25, 0.3) is 0 Å². The molecule has 6 heteroatoms. The molecule has 0 heterocycles. The second-order valence-corrected chi connectivity index (χ2v) is 4.45. The average Bonchev–Trinajstić information content (AvgIpc) is 2.46. The number of carboxylic acids is 1. The quantitative estimate of drug-likeness (QED) is 0.674. The molecule has 2 rings (SSSR count). The van der Waals surface area contributed by atoms with Gasteiger partial charge in [0.1, 0.15) is 17.4 Å². The summed E-state index contributed by atoms with van der Waals surface area (Å²) in [6.45, 7) is 1.79. The standard InChI is InChI=1S/C14H14N2O4/c1-8(14(19)20)16-11-10(12(17)13(11)18)15-7-9-5-3-2-4-6-9/h2-6,8,15-16H,7H2,1H3,(H,19,20). The van der Waals surface area contributed by atoms with Crippen molar-refractivity contribution in [3.63, 3.8) is 0 Å². The van der Waals surface area contributed by atoms with E-state index in [1.807, 2.05) is 30.3 Å². The van der Waals surface area contributed by atoms with Gasteiger partial charge in [-0.2, -0.15) is 0 Å². The highest BCUT2D eigenvalue weighted by Crippen LogP contribution is 2.16. The number of anilines is 2. The maximum Gasteiger partial charge on any atom is 0.325 e. The van der Waals surface area contributed by atoms with E-state index in [2.05, 4.69) is 10.6 Å². The number of hydrogen-bond donors (Lipinski definition) is 3. The van der Waals surface area contributed by atoms with Crippen LogP contribution in [-0.4, -0.2) is 17.1 Å². The van der Waals surface area contributed by atoms with E-state index >= 15 is 0 Å². The predicted molar refractivity (Wildman–Crippen MR) is 75.8 cm³/mol. The van der Waals surface area contributed by atoms with E-state index < -0.39 is 22.9 Å². The average molecular weight is 274 g/mol. The minimum Gasteiger partial charge on any atom is -0.480 e. The minimum absolute atomic E-state index is 0.0424. The third-order valence-corrected chi connectivity index (χ3v) is 2.95. The SMILES string of the molecule is CC(Nc1c(NCc2ccccc2)c(=O)c1=O)C(=O)O. The Bertz CT molecular complexity index is 687. The van der Waals surface area contributed by atoms with Gasteiger partial charge in [0.25, 0.3) is 10.9 Å². The summed E-state index contributed by atoms with van der Waals surface area (Å²) >= 11 is 0. The summed E-state index contributed by atoms with van der Waals surface area (Å²) in [6, 6.07) is 8.44. The van der Waals surface area contributed by atoms with Crippen molar-refractivity contribution < 1.29 is 9.90 Å². The van der Waals surface area contributed by atoms with Crippen LogP contribution < -0.4 is 21.5 Å². The molecule has 0 saturated heterocycles. The molecule has 0 aliphatic heterocycles. The van der Waals surface area contributed by atoms with E-state index in [1.165, 1.54) is 6.92 Å². The Labute approximate surface area is 114 Å². The molecule has 0 aliphatic carbocycles. The van der Waals surface area contributed by atoms with Gasteiger partial charge >= 0.3 is 5.97 Å². The molecule has 3 N–H and O–H groups in total. The van der Waals surface area contributed by atoms with Crippen molar-refractivity contribution in [3.8, 4) is 0 Å². The molecule has 1 atom stereocenters. The first-order valence-electron chi connectivity index (χ1n) is 6.11. The van der Waals surface area contributed by atoms with Crippen LogP contribution in [0, 0.1) is 0 Å². The van der Waals surface area contributed by atoms with Crippen LogP contribution in [0.2, 0.25) is 0 Å². The fourth-order valence-electron chi connectivity index (χ4n) is 1.76. The first kappa shape index (κ1) is 13.8. The molecule has 104 valence electrons. The second-order valence-electron chi connectivity index (χ2n) is 4.45. The lowest BCUT2D eigenvalue weighted by Gasteiger charge is -2.17. The first-order valence-corrected chi connectivity index (χ1v) is 6.11. The fourth-order valence-corrected chi connectivity index (χ4v) is 1.76. The monoisotopic (exact) mass is 274 g/mol. The molecular formula is C14H14N2O4. The summed E-state index contributed by atoms with van der Waals surface area (Å²) in [5.41, 5.74) is -0.166. The Kier molecular flexibility index (Phi) is 3.84. The lowest BCUT2D eigenvalue weighted by molar-refractivity contribution is -0.137. The number of rotatable bonds is 6. The second kappa shape index (κ2) is 5.56. The third kappa shape index (κ3) is 2.69. The zero-order chi connectivity index (χ0) is 14.7. The summed E-state index contributed by atoms with van der Waals surface area (Å²) < 4.78 is 0. The normalized spacial score (nSPS) is 12.1. The summed E-state index contributed by atoms with van der Waals surface area (Å²) in [7, 11) is 0. The van der Waals surface area contributed by atoms with Crippen molar-refractivity contribution in [3.05, 3.63) is 56.3 Å². The smallest absolute Gasteiger partial charge is 0.325 e. The molecule has 0 aliphatic rings. The van der Waals surface area contributed by atoms with Gasteiger partial charge in [-0.1, -0.05) is 30.3 Å². The predicted octanol–water partition coefficient (Wildman–Crippen LogP) is 0.780. The van der Waals surface area contributed by atoms with Gasteiger partial charge in [-0.05, 0) is 12.5 Å². The van der Waals surface area contributed by atoms with Crippen molar-refractivity contribution in [1.82, 2.24) is 0 Å². The van der Waals surface area contributed by atoms with E-state index in [0.29, 0.717) is 6.54 Å². The number of carboxylic acid groups (broad SMARTS) is 1. The van der Waals surface area contributed by atoms with Crippen molar-refractivity contribution >= 4 is 17.3 Å². The fraction of sp³-hybridized carbons (Fsp3) is 0.214. The maximum absolute atomic E-state index is 11.5. The molecule has 0 fully saturated rings. The van der Waals surface area contributed by atoms with E-state index in [9.17, 15) is 14.4 Å². The summed E-state index contributed by atoms with van der Waals surface area (Å²) in [4.78, 5) is 33.7. The lowest BCUT2D eigenvalue weighted by atomic mass is 10.1. The van der Waals surface area contributed by atoms with Gasteiger partial charge in [-0.3, -0.25) is 14.4 Å². The van der Waals surface area contributed by atoms with Crippen LogP contribution >= 0.6 is 0 Å². The number of benzene rings is 1. The minimum atomic E-state index is -1.09. The van der Waals surface area contributed by atoms with Crippen molar-refractivity contribution in [2.24, 2.45) is 0 Å². The van der Waals surface area contributed by atoms with Gasteiger partial charge in [0.05, 0.1) is 0 Å². The van der Waals surface area contributed by atoms with Gasteiger partial charge in [0.2, 0.25) is 0 Å². The molecule has 1 unspecified atom stereocenters. The highest BCUT2D eigenvalue weighted by molar-refractivity contribution is 5.81. The van der Waals surface area contributed by atoms with Crippen molar-refractivity contribution in [2.75, 3.05) is 10.6 Å². The van der Waals surface area contributed by atoms with Crippen LogP contribution in [0.3, 0.4) is 0 Å². The Morgan fingerprint density at radius 2 is 1.75 bits per heavy atom. The maximum atomic E-state index is 11.5. The van der Waals surface area contributed by atoms with Gasteiger partial charge in [-0.15, -0.1) is 0 Å². The highest BCUT2D eigenvalue weighted by Gasteiger charge is 2.23. The Balaban J connectivity index is 2.09. The van der Waals surface area contributed by atoms with Crippen LogP contribution in [0.5, 0.6) is 0 Å². The van der Waals surface area contributed by atoms with Gasteiger partial charge in [-0.25, -0.2) is 0 Å². The first-order chi connectivity index (χ1) is 9.50. The van der Waals surface area contributed by atoms with E-state index in [1.54, 1.807) is 0 Å². The summed E-state index contributed by atoms with van der Waals surface area (Å²) in [5, 5.41) is 14.2.